The van der Waals surface area contributed by atoms with Crippen molar-refractivity contribution in [3.8, 4) is 12.3 Å². The second-order valence-corrected chi connectivity index (χ2v) is 12.3. The van der Waals surface area contributed by atoms with Crippen LogP contribution in [0.2, 0.25) is 0 Å². The van der Waals surface area contributed by atoms with Gasteiger partial charge >= 0.3 is 11.9 Å². The minimum absolute atomic E-state index is 0.0350. The van der Waals surface area contributed by atoms with E-state index in [-0.39, 0.29) is 25.3 Å². The number of ether oxygens (including phenoxy) is 2. The fourth-order valence-corrected chi connectivity index (χ4v) is 4.82. The summed E-state index contributed by atoms with van der Waals surface area (Å²) in [7, 11) is 1.49. The summed E-state index contributed by atoms with van der Waals surface area (Å²) in [5, 5.41) is 5.54. The third-order valence-corrected chi connectivity index (χ3v) is 7.77. The van der Waals surface area contributed by atoms with Crippen LogP contribution < -0.4 is 10.6 Å². The molecule has 43 heavy (non-hydrogen) atoms. The molecular weight excluding hydrogens is 550 g/mol. The highest BCUT2D eigenvalue weighted by Gasteiger charge is 2.43. The van der Waals surface area contributed by atoms with Crippen LogP contribution in [0.15, 0.2) is 30.3 Å². The molecule has 0 spiro atoms. The average molecular weight is 598 g/mol. The van der Waals surface area contributed by atoms with Crippen molar-refractivity contribution in [2.75, 3.05) is 13.6 Å². The lowest BCUT2D eigenvalue weighted by Crippen LogP contribution is -2.56. The molecule has 10 heteroatoms. The summed E-state index contributed by atoms with van der Waals surface area (Å²) in [5.74, 6) is -1.14. The Morgan fingerprint density at radius 1 is 1.02 bits per heavy atom. The van der Waals surface area contributed by atoms with Crippen LogP contribution in [0.1, 0.15) is 72.8 Å². The van der Waals surface area contributed by atoms with Gasteiger partial charge in [-0.2, -0.15) is 0 Å². The molecule has 4 atom stereocenters. The highest BCUT2D eigenvalue weighted by atomic mass is 16.6. The third kappa shape index (κ3) is 9.84. The van der Waals surface area contributed by atoms with Gasteiger partial charge in [-0.3, -0.25) is 19.2 Å². The molecule has 1 saturated heterocycles. The summed E-state index contributed by atoms with van der Waals surface area (Å²) in [4.78, 5) is 68.6. The summed E-state index contributed by atoms with van der Waals surface area (Å²) in [6.07, 6.45) is 4.71. The molecule has 236 valence electrons. The number of likely N-dealkylation sites (N-methyl/N-ethyl adjacent to an activating group) is 1. The maximum absolute atomic E-state index is 13.8. The number of carbonyl (C=O) groups is 5. The van der Waals surface area contributed by atoms with E-state index in [1.54, 1.807) is 41.5 Å². The summed E-state index contributed by atoms with van der Waals surface area (Å²) in [5.41, 5.74) is -0.409. The minimum atomic E-state index is -1.23. The van der Waals surface area contributed by atoms with Crippen molar-refractivity contribution in [2.24, 2.45) is 17.3 Å². The standard InChI is InChI=1S/C33H47N3O7/c1-9-10-12-17-25-33(6,7)32(41)35-27(21(2)3)31(40)43-28(22(4)5)30(39)36(8)24(20-23-15-13-11-14-16-23)29(38)34-19-18-26(37)42-25/h1,11,13-16,21-22,24-25,27-28H,10,12,17-20H2,2-8H3,(H,34,38)(H,35,41)/t24-,25?,27?,28?/m1/s1. The van der Waals surface area contributed by atoms with Gasteiger partial charge in [0.05, 0.1) is 11.8 Å². The first kappa shape index (κ1) is 35.3. The molecule has 3 unspecified atom stereocenters. The van der Waals surface area contributed by atoms with Crippen molar-refractivity contribution in [3.05, 3.63) is 35.9 Å². The molecule has 1 aromatic rings. The van der Waals surface area contributed by atoms with Crippen LogP contribution in [0.4, 0.5) is 0 Å². The van der Waals surface area contributed by atoms with E-state index in [0.717, 1.165) is 5.56 Å². The lowest BCUT2D eigenvalue weighted by atomic mass is 9.82. The Morgan fingerprint density at radius 3 is 2.26 bits per heavy atom. The fourth-order valence-electron chi connectivity index (χ4n) is 4.82. The molecule has 2 rings (SSSR count). The minimum Gasteiger partial charge on any atom is -0.461 e. The molecule has 2 N–H and O–H groups in total. The van der Waals surface area contributed by atoms with Crippen LogP contribution in [0.25, 0.3) is 0 Å². The van der Waals surface area contributed by atoms with E-state index >= 15 is 0 Å². The van der Waals surface area contributed by atoms with Crippen LogP contribution in [0.5, 0.6) is 0 Å². The normalized spacial score (nSPS) is 24.5. The second kappa shape index (κ2) is 16.1. The van der Waals surface area contributed by atoms with Gasteiger partial charge in [-0.25, -0.2) is 4.79 Å². The molecule has 1 aromatic carbocycles. The van der Waals surface area contributed by atoms with Crippen LogP contribution in [-0.4, -0.2) is 72.4 Å². The lowest BCUT2D eigenvalue weighted by Gasteiger charge is -2.35. The van der Waals surface area contributed by atoms with Gasteiger partial charge in [0.2, 0.25) is 11.8 Å². The Bertz CT molecular complexity index is 1170. The van der Waals surface area contributed by atoms with Crippen molar-refractivity contribution in [1.82, 2.24) is 15.5 Å². The van der Waals surface area contributed by atoms with Gasteiger partial charge in [-0.05, 0) is 44.1 Å². The van der Waals surface area contributed by atoms with Gasteiger partial charge < -0.3 is 25.0 Å². The fraction of sp³-hybridized carbons (Fsp3) is 0.606. The van der Waals surface area contributed by atoms with Gasteiger partial charge in [-0.1, -0.05) is 58.0 Å². The van der Waals surface area contributed by atoms with Crippen LogP contribution in [0, 0.1) is 29.6 Å². The van der Waals surface area contributed by atoms with E-state index < -0.39 is 65.3 Å². The third-order valence-electron chi connectivity index (χ3n) is 7.77. The monoisotopic (exact) mass is 597 g/mol. The Balaban J connectivity index is 2.52. The lowest BCUT2D eigenvalue weighted by molar-refractivity contribution is -0.168. The maximum Gasteiger partial charge on any atom is 0.329 e. The van der Waals surface area contributed by atoms with E-state index in [0.29, 0.717) is 19.3 Å². The van der Waals surface area contributed by atoms with Gasteiger partial charge in [0.25, 0.3) is 5.91 Å². The smallest absolute Gasteiger partial charge is 0.329 e. The number of hydrogen-bond acceptors (Lipinski definition) is 7. The highest BCUT2D eigenvalue weighted by Crippen LogP contribution is 2.29. The first-order valence-electron chi connectivity index (χ1n) is 14.9. The Labute approximate surface area is 255 Å². The molecule has 1 heterocycles. The molecule has 0 saturated carbocycles. The number of esters is 2. The summed E-state index contributed by atoms with van der Waals surface area (Å²) in [6.45, 7) is 10.2. The van der Waals surface area contributed by atoms with Gasteiger partial charge in [0, 0.05) is 26.4 Å². The van der Waals surface area contributed by atoms with Crippen LogP contribution in [-0.2, 0) is 39.9 Å². The number of carbonyl (C=O) groups excluding carboxylic acids is 5. The van der Waals surface area contributed by atoms with Crippen molar-refractivity contribution in [3.63, 3.8) is 0 Å². The van der Waals surface area contributed by atoms with Crippen molar-refractivity contribution in [1.29, 1.82) is 0 Å². The number of unbranched alkanes of at least 4 members (excludes halogenated alkanes) is 1. The van der Waals surface area contributed by atoms with Crippen LogP contribution in [0.3, 0.4) is 0 Å². The van der Waals surface area contributed by atoms with Crippen molar-refractivity contribution >= 4 is 29.7 Å². The average Bonchev–Trinajstić information content (AvgIpc) is 2.95. The molecule has 0 aliphatic carbocycles. The topological polar surface area (TPSA) is 131 Å². The van der Waals surface area contributed by atoms with Gasteiger partial charge in [-0.15, -0.1) is 12.3 Å². The molecule has 3 amide bonds. The Hall–Kier alpha value is -3.87. The number of hydrogen-bond donors (Lipinski definition) is 2. The number of nitrogens with zero attached hydrogens (tertiary/aromatic N) is 1. The molecule has 1 fully saturated rings. The largest absolute Gasteiger partial charge is 0.461 e. The Kier molecular flexibility index (Phi) is 13.2. The second-order valence-electron chi connectivity index (χ2n) is 12.3. The quantitative estimate of drug-likeness (QED) is 0.281. The van der Waals surface area contributed by atoms with E-state index in [4.69, 9.17) is 15.9 Å². The number of rotatable bonds is 7. The first-order valence-corrected chi connectivity index (χ1v) is 14.9. The maximum atomic E-state index is 13.8. The summed E-state index contributed by atoms with van der Waals surface area (Å²) in [6, 6.07) is 7.20. The van der Waals surface area contributed by atoms with Crippen LogP contribution >= 0.6 is 0 Å². The van der Waals surface area contributed by atoms with Crippen molar-refractivity contribution < 1.29 is 33.4 Å². The van der Waals surface area contributed by atoms with Gasteiger partial charge in [0.1, 0.15) is 18.2 Å². The summed E-state index contributed by atoms with van der Waals surface area (Å²) >= 11 is 0. The zero-order valence-corrected chi connectivity index (χ0v) is 26.5. The molecular formula is C33H47N3O7. The number of benzene rings is 1. The van der Waals surface area contributed by atoms with E-state index in [2.05, 4.69) is 16.6 Å². The molecule has 1 aliphatic rings. The summed E-state index contributed by atoms with van der Waals surface area (Å²) < 4.78 is 11.6. The number of nitrogens with one attached hydrogen (secondary N) is 2. The molecule has 1 aliphatic heterocycles. The molecule has 10 nitrogen and oxygen atoms in total. The highest BCUT2D eigenvalue weighted by molar-refractivity contribution is 5.92. The number of terminal acetylenes is 1. The molecule has 0 radical (unpaired) electrons. The Morgan fingerprint density at radius 2 is 1.67 bits per heavy atom. The van der Waals surface area contributed by atoms with E-state index in [1.807, 2.05) is 30.3 Å². The SMILES string of the molecule is C#CCCCC1OC(=O)CCNC(=O)[C@@H](Cc2ccccc2)N(C)C(=O)C(C(C)C)OC(=O)C(C(C)C)NC(=O)C1(C)C. The molecule has 0 aromatic heterocycles. The predicted molar refractivity (Wildman–Crippen MR) is 162 cm³/mol. The number of cyclic esters (lactones) is 2. The zero-order valence-electron chi connectivity index (χ0n) is 26.5. The first-order chi connectivity index (χ1) is 20.2. The van der Waals surface area contributed by atoms with E-state index in [9.17, 15) is 24.0 Å². The van der Waals surface area contributed by atoms with Crippen molar-refractivity contribution in [2.45, 2.75) is 97.9 Å². The molecule has 0 bridgehead atoms. The number of amides is 3. The zero-order chi connectivity index (χ0) is 32.3. The predicted octanol–water partition coefficient (Wildman–Crippen LogP) is 3.03. The van der Waals surface area contributed by atoms with E-state index in [1.165, 1.54) is 11.9 Å². The van der Waals surface area contributed by atoms with Gasteiger partial charge in [0.15, 0.2) is 6.10 Å².